The zero-order valence-corrected chi connectivity index (χ0v) is 8.87. The van der Waals surface area contributed by atoms with Crippen LogP contribution in [-0.4, -0.2) is 39.0 Å². The molecule has 0 aromatic rings. The zero-order valence-electron chi connectivity index (χ0n) is 8.87. The van der Waals surface area contributed by atoms with Crippen LogP contribution in [0.1, 0.15) is 0 Å². The molecule has 2 saturated heterocycles. The number of hydrogen-bond acceptors (Lipinski definition) is 4. The van der Waals surface area contributed by atoms with Gasteiger partial charge in [-0.05, 0) is 11.8 Å². The zero-order chi connectivity index (χ0) is 12.1. The van der Waals surface area contributed by atoms with Gasteiger partial charge in [0, 0.05) is 0 Å². The van der Waals surface area contributed by atoms with E-state index in [0.717, 1.165) is 0 Å². The molecule has 6 heteroatoms. The van der Waals surface area contributed by atoms with Crippen molar-refractivity contribution < 1.29 is 27.7 Å². The minimum absolute atomic E-state index is 0.280. The Kier molecular flexibility index (Phi) is 3.93. The molecule has 0 amide bonds. The van der Waals surface area contributed by atoms with E-state index in [0.29, 0.717) is 0 Å². The average Bonchev–Trinajstić information content (AvgIpc) is 2.36. The number of halogens is 2. The summed E-state index contributed by atoms with van der Waals surface area (Å²) in [4.78, 5) is 0. The van der Waals surface area contributed by atoms with Gasteiger partial charge in [-0.1, -0.05) is 0 Å². The lowest BCUT2D eigenvalue weighted by atomic mass is 9.91. The molecule has 2 aliphatic rings. The molecule has 0 aromatic heterocycles. The topological polar surface area (TPSA) is 36.9 Å². The van der Waals surface area contributed by atoms with E-state index >= 15 is 0 Å². The standard InChI is InChI=1S/C11H10F2O4/c12-3-1-9-14-5-11(6-15-9)7-16-10(2-4-13)17-8-11/h9-10H,5-8H2. The smallest absolute Gasteiger partial charge is 0.225 e. The van der Waals surface area contributed by atoms with E-state index in [1.807, 2.05) is 0 Å². The second kappa shape index (κ2) is 5.44. The molecule has 2 fully saturated rings. The van der Waals surface area contributed by atoms with Crippen LogP contribution >= 0.6 is 0 Å². The maximum Gasteiger partial charge on any atom is 0.225 e. The Hall–Kier alpha value is -1.18. The predicted molar refractivity (Wildman–Crippen MR) is 51.6 cm³/mol. The summed E-state index contributed by atoms with van der Waals surface area (Å²) in [7, 11) is 0. The SMILES string of the molecule is FC#CC1OCC2(CO1)COC(C#CF)OC2. The molecule has 0 bridgehead atoms. The van der Waals surface area contributed by atoms with Crippen molar-refractivity contribution in [2.24, 2.45) is 5.41 Å². The number of hydrogen-bond donors (Lipinski definition) is 0. The lowest BCUT2D eigenvalue weighted by Crippen LogP contribution is -2.51. The molecule has 2 aliphatic heterocycles. The molecule has 2 rings (SSSR count). The highest BCUT2D eigenvalue weighted by molar-refractivity contribution is 5.00. The minimum atomic E-state index is -0.853. The van der Waals surface area contributed by atoms with Gasteiger partial charge in [-0.15, -0.1) is 8.78 Å². The summed E-state index contributed by atoms with van der Waals surface area (Å²) in [5.41, 5.74) is -0.455. The first kappa shape index (κ1) is 12.3. The normalized spacial score (nSPS) is 36.6. The predicted octanol–water partition coefficient (Wildman–Crippen LogP) is 0.579. The summed E-state index contributed by atoms with van der Waals surface area (Å²) >= 11 is 0. The van der Waals surface area contributed by atoms with Crippen molar-refractivity contribution in [1.82, 2.24) is 0 Å². The maximum atomic E-state index is 11.7. The first-order valence-electron chi connectivity index (χ1n) is 4.97. The first-order valence-corrected chi connectivity index (χ1v) is 4.97. The van der Waals surface area contributed by atoms with Gasteiger partial charge in [0.15, 0.2) is 0 Å². The van der Waals surface area contributed by atoms with E-state index in [-0.39, 0.29) is 26.4 Å². The second-order valence-electron chi connectivity index (χ2n) is 3.89. The molecule has 1 spiro atoms. The summed E-state index contributed by atoms with van der Waals surface area (Å²) in [6.07, 6.45) is 0.755. The third kappa shape index (κ3) is 2.93. The van der Waals surface area contributed by atoms with E-state index < -0.39 is 18.0 Å². The van der Waals surface area contributed by atoms with Crippen molar-refractivity contribution in [2.45, 2.75) is 12.6 Å². The Bertz CT molecular complexity index is 332. The van der Waals surface area contributed by atoms with Crippen molar-refractivity contribution in [3.8, 4) is 24.2 Å². The van der Waals surface area contributed by atoms with Gasteiger partial charge in [0.1, 0.15) is 12.3 Å². The van der Waals surface area contributed by atoms with Gasteiger partial charge in [-0.3, -0.25) is 0 Å². The molecule has 0 unspecified atom stereocenters. The quantitative estimate of drug-likeness (QED) is 0.584. The third-order valence-electron chi connectivity index (χ3n) is 2.51. The summed E-state index contributed by atoms with van der Waals surface area (Å²) < 4.78 is 44.3. The van der Waals surface area contributed by atoms with Gasteiger partial charge < -0.3 is 18.9 Å². The Morgan fingerprint density at radius 2 is 1.12 bits per heavy atom. The molecule has 17 heavy (non-hydrogen) atoms. The second-order valence-corrected chi connectivity index (χ2v) is 3.89. The van der Waals surface area contributed by atoms with E-state index in [1.165, 1.54) is 12.3 Å². The van der Waals surface area contributed by atoms with Crippen LogP contribution in [0.4, 0.5) is 8.78 Å². The number of ether oxygens (including phenoxy) is 4. The lowest BCUT2D eigenvalue weighted by Gasteiger charge is -2.41. The highest BCUT2D eigenvalue weighted by Crippen LogP contribution is 2.29. The van der Waals surface area contributed by atoms with Crippen LogP contribution in [-0.2, 0) is 18.9 Å². The lowest BCUT2D eigenvalue weighted by molar-refractivity contribution is -0.279. The molecule has 0 saturated carbocycles. The molecule has 0 aliphatic carbocycles. The van der Waals surface area contributed by atoms with Crippen LogP contribution in [0.25, 0.3) is 0 Å². The van der Waals surface area contributed by atoms with Gasteiger partial charge in [0.2, 0.25) is 12.6 Å². The molecule has 2 heterocycles. The van der Waals surface area contributed by atoms with Gasteiger partial charge >= 0.3 is 0 Å². The summed E-state index contributed by atoms with van der Waals surface area (Å²) in [5.74, 6) is 4.24. The molecule has 0 atom stereocenters. The fraction of sp³-hybridized carbons (Fsp3) is 0.636. The van der Waals surface area contributed by atoms with Gasteiger partial charge in [0.05, 0.1) is 31.8 Å². The van der Waals surface area contributed by atoms with Crippen molar-refractivity contribution in [1.29, 1.82) is 0 Å². The fourth-order valence-electron chi connectivity index (χ4n) is 1.61. The van der Waals surface area contributed by atoms with Crippen LogP contribution in [0.2, 0.25) is 0 Å². The van der Waals surface area contributed by atoms with E-state index in [4.69, 9.17) is 18.9 Å². The van der Waals surface area contributed by atoms with E-state index in [1.54, 1.807) is 0 Å². The molecule has 92 valence electrons. The molecule has 0 aromatic carbocycles. The molecular formula is C11H10F2O4. The van der Waals surface area contributed by atoms with E-state index in [9.17, 15) is 8.78 Å². The fourth-order valence-corrected chi connectivity index (χ4v) is 1.61. The number of rotatable bonds is 0. The monoisotopic (exact) mass is 244 g/mol. The Morgan fingerprint density at radius 1 is 0.765 bits per heavy atom. The highest BCUT2D eigenvalue weighted by atomic mass is 19.1. The summed E-state index contributed by atoms with van der Waals surface area (Å²) in [6, 6.07) is 0. The largest absolute Gasteiger partial charge is 0.341 e. The Morgan fingerprint density at radius 3 is 1.41 bits per heavy atom. The van der Waals surface area contributed by atoms with Crippen LogP contribution < -0.4 is 0 Å². The summed E-state index contributed by atoms with van der Waals surface area (Å²) in [6.45, 7) is 1.12. The van der Waals surface area contributed by atoms with Crippen molar-refractivity contribution >= 4 is 0 Å². The molecule has 0 radical (unpaired) electrons. The van der Waals surface area contributed by atoms with Crippen LogP contribution in [0.5, 0.6) is 0 Å². The third-order valence-corrected chi connectivity index (χ3v) is 2.51. The van der Waals surface area contributed by atoms with Gasteiger partial charge in [0.25, 0.3) is 0 Å². The molecular weight excluding hydrogens is 234 g/mol. The Labute approximate surface area is 97.2 Å². The van der Waals surface area contributed by atoms with Crippen molar-refractivity contribution in [3.63, 3.8) is 0 Å². The molecule has 0 N–H and O–H groups in total. The van der Waals surface area contributed by atoms with Crippen molar-refractivity contribution in [3.05, 3.63) is 0 Å². The maximum absolute atomic E-state index is 11.7. The van der Waals surface area contributed by atoms with Crippen molar-refractivity contribution in [2.75, 3.05) is 26.4 Å². The van der Waals surface area contributed by atoms with Crippen LogP contribution in [0.3, 0.4) is 0 Å². The van der Waals surface area contributed by atoms with E-state index in [2.05, 4.69) is 11.8 Å². The first-order chi connectivity index (χ1) is 8.28. The Balaban J connectivity index is 1.86. The van der Waals surface area contributed by atoms with Gasteiger partial charge in [-0.2, -0.15) is 0 Å². The average molecular weight is 244 g/mol. The summed E-state index contributed by atoms with van der Waals surface area (Å²) in [5, 5.41) is 0. The van der Waals surface area contributed by atoms with Gasteiger partial charge in [-0.25, -0.2) is 0 Å². The minimum Gasteiger partial charge on any atom is -0.341 e. The highest BCUT2D eigenvalue weighted by Gasteiger charge is 2.41. The van der Waals surface area contributed by atoms with Crippen LogP contribution in [0.15, 0.2) is 0 Å². The molecule has 4 nitrogen and oxygen atoms in total. The van der Waals surface area contributed by atoms with Crippen LogP contribution in [0, 0.1) is 29.6 Å².